The van der Waals surface area contributed by atoms with E-state index < -0.39 is 5.91 Å². The van der Waals surface area contributed by atoms with Crippen LogP contribution in [-0.4, -0.2) is 31.5 Å². The van der Waals surface area contributed by atoms with E-state index in [9.17, 15) is 4.79 Å². The van der Waals surface area contributed by atoms with Crippen LogP contribution in [-0.2, 0) is 0 Å². The van der Waals surface area contributed by atoms with Crippen molar-refractivity contribution in [3.05, 3.63) is 42.0 Å². The third-order valence-electron chi connectivity index (χ3n) is 4.63. The van der Waals surface area contributed by atoms with Crippen molar-refractivity contribution in [2.75, 3.05) is 5.32 Å². The van der Waals surface area contributed by atoms with E-state index in [0.717, 1.165) is 12.8 Å². The van der Waals surface area contributed by atoms with Crippen LogP contribution in [0.1, 0.15) is 41.6 Å². The number of anilines is 1. The maximum atomic E-state index is 11.8. The summed E-state index contributed by atoms with van der Waals surface area (Å²) in [6, 6.07) is 5.85. The number of pyridine rings is 2. The summed E-state index contributed by atoms with van der Waals surface area (Å²) in [6.45, 7) is 0. The molecule has 0 aromatic carbocycles. The third-order valence-corrected chi connectivity index (χ3v) is 4.63. The van der Waals surface area contributed by atoms with Crippen LogP contribution in [0.15, 0.2) is 30.9 Å². The number of fused-ring (bicyclic) bond motifs is 1. The molecular weight excluding hydrogens is 330 g/mol. The first-order valence-corrected chi connectivity index (χ1v) is 8.45. The predicted molar refractivity (Wildman–Crippen MR) is 95.8 cm³/mol. The second kappa shape index (κ2) is 6.44. The lowest BCUT2D eigenvalue weighted by Crippen LogP contribution is -2.20. The fourth-order valence-corrected chi connectivity index (χ4v) is 3.31. The molecule has 0 unspecified atom stereocenters. The van der Waals surface area contributed by atoms with Crippen molar-refractivity contribution < 1.29 is 4.79 Å². The monoisotopic (exact) mass is 347 g/mol. The van der Waals surface area contributed by atoms with Gasteiger partial charge in [0.1, 0.15) is 23.7 Å². The summed E-state index contributed by atoms with van der Waals surface area (Å²) in [6.07, 6.45) is 9.08. The zero-order valence-corrected chi connectivity index (χ0v) is 14.0. The van der Waals surface area contributed by atoms with Gasteiger partial charge >= 0.3 is 0 Å². The summed E-state index contributed by atoms with van der Waals surface area (Å²) in [7, 11) is 0. The van der Waals surface area contributed by atoms with Gasteiger partial charge in [0.25, 0.3) is 5.91 Å². The van der Waals surface area contributed by atoms with Gasteiger partial charge in [-0.2, -0.15) is 5.26 Å². The summed E-state index contributed by atoms with van der Waals surface area (Å²) < 4.78 is 1.72. The van der Waals surface area contributed by atoms with Gasteiger partial charge in [-0.05, 0) is 18.9 Å². The van der Waals surface area contributed by atoms with Crippen molar-refractivity contribution in [1.82, 2.24) is 19.5 Å². The number of nitrogens with two attached hydrogens (primary N) is 1. The first-order valence-electron chi connectivity index (χ1n) is 8.45. The number of nitrogens with zero attached hydrogens (tertiary/aromatic N) is 5. The molecule has 4 rings (SSSR count). The molecule has 3 N–H and O–H groups in total. The molecule has 3 aromatic rings. The van der Waals surface area contributed by atoms with Crippen molar-refractivity contribution in [1.29, 1.82) is 5.26 Å². The molecule has 3 aromatic heterocycles. The number of rotatable bonds is 4. The number of amides is 1. The highest BCUT2D eigenvalue weighted by Gasteiger charge is 2.19. The summed E-state index contributed by atoms with van der Waals surface area (Å²) in [5.41, 5.74) is 8.18. The molecule has 1 aliphatic carbocycles. The highest BCUT2D eigenvalue weighted by Crippen LogP contribution is 2.26. The number of primary amides is 1. The van der Waals surface area contributed by atoms with E-state index in [2.05, 4.69) is 20.3 Å². The van der Waals surface area contributed by atoms with Gasteiger partial charge in [0.15, 0.2) is 5.65 Å². The second-order valence-electron chi connectivity index (χ2n) is 6.37. The zero-order chi connectivity index (χ0) is 18.1. The number of carbonyl (C=O) groups excluding carboxylic acids is 1. The normalized spacial score (nSPS) is 14.4. The number of nitrogens with one attached hydrogen (secondary N) is 1. The zero-order valence-electron chi connectivity index (χ0n) is 14.0. The van der Waals surface area contributed by atoms with Crippen LogP contribution in [0.3, 0.4) is 0 Å². The quantitative estimate of drug-likeness (QED) is 0.745. The van der Waals surface area contributed by atoms with Crippen LogP contribution in [0.25, 0.3) is 17.0 Å². The molecule has 0 radical (unpaired) electrons. The number of imidazole rings is 1. The Bertz CT molecular complexity index is 1030. The number of aromatic nitrogens is 4. The van der Waals surface area contributed by atoms with Crippen molar-refractivity contribution >= 4 is 22.8 Å². The molecular formula is C18H17N7O. The molecule has 0 saturated heterocycles. The van der Waals surface area contributed by atoms with Gasteiger partial charge in [0.05, 0.1) is 16.8 Å². The summed E-state index contributed by atoms with van der Waals surface area (Å²) in [5.74, 6) is 0.0621. The predicted octanol–water partition coefficient (Wildman–Crippen LogP) is 2.14. The van der Waals surface area contributed by atoms with Crippen LogP contribution in [0.4, 0.5) is 5.69 Å². The van der Waals surface area contributed by atoms with E-state index in [1.807, 2.05) is 6.07 Å². The van der Waals surface area contributed by atoms with Gasteiger partial charge in [-0.3, -0.25) is 9.36 Å². The standard InChI is InChI=1S/C18H17N7O/c19-7-11-5-15-18(22-8-11)25(10-23-15)16-6-14(13(9-21-16)17(20)26)24-12-3-1-2-4-12/h5-6,8-10,12H,1-4H2,(H2,20,26)(H,21,24). The topological polar surface area (TPSA) is 123 Å². The fourth-order valence-electron chi connectivity index (χ4n) is 3.31. The minimum atomic E-state index is -0.517. The fraction of sp³-hybridized carbons (Fsp3) is 0.278. The molecule has 1 fully saturated rings. The maximum Gasteiger partial charge on any atom is 0.252 e. The van der Waals surface area contributed by atoms with E-state index in [0.29, 0.717) is 39.8 Å². The van der Waals surface area contributed by atoms with Crippen LogP contribution < -0.4 is 11.1 Å². The number of nitriles is 1. The minimum Gasteiger partial charge on any atom is -0.382 e. The van der Waals surface area contributed by atoms with Gasteiger partial charge in [0.2, 0.25) is 0 Å². The minimum absolute atomic E-state index is 0.333. The Morgan fingerprint density at radius 1 is 1.23 bits per heavy atom. The lowest BCUT2D eigenvalue weighted by atomic mass is 10.1. The average Bonchev–Trinajstić information content (AvgIpc) is 3.30. The molecule has 130 valence electrons. The Morgan fingerprint density at radius 3 is 2.77 bits per heavy atom. The van der Waals surface area contributed by atoms with Gasteiger partial charge in [0, 0.05) is 24.5 Å². The molecule has 0 spiro atoms. The smallest absolute Gasteiger partial charge is 0.252 e. The first kappa shape index (κ1) is 16.0. The number of hydrogen-bond acceptors (Lipinski definition) is 6. The molecule has 8 nitrogen and oxygen atoms in total. The molecule has 0 atom stereocenters. The molecule has 3 heterocycles. The van der Waals surface area contributed by atoms with Gasteiger partial charge in [-0.1, -0.05) is 12.8 Å². The van der Waals surface area contributed by atoms with E-state index in [4.69, 9.17) is 11.0 Å². The summed E-state index contributed by atoms with van der Waals surface area (Å²) in [5, 5.41) is 12.4. The van der Waals surface area contributed by atoms with E-state index in [1.165, 1.54) is 25.2 Å². The van der Waals surface area contributed by atoms with Crippen LogP contribution in [0.5, 0.6) is 0 Å². The van der Waals surface area contributed by atoms with Gasteiger partial charge < -0.3 is 11.1 Å². The average molecular weight is 347 g/mol. The van der Waals surface area contributed by atoms with Crippen molar-refractivity contribution in [2.45, 2.75) is 31.7 Å². The molecule has 26 heavy (non-hydrogen) atoms. The number of carbonyl (C=O) groups is 1. The van der Waals surface area contributed by atoms with Crippen molar-refractivity contribution in [3.8, 4) is 11.9 Å². The molecule has 1 aliphatic rings. The Balaban J connectivity index is 1.77. The Morgan fingerprint density at radius 2 is 2.04 bits per heavy atom. The van der Waals surface area contributed by atoms with Crippen LogP contribution in [0, 0.1) is 11.3 Å². The Kier molecular flexibility index (Phi) is 3.97. The van der Waals surface area contributed by atoms with E-state index in [-0.39, 0.29) is 0 Å². The molecule has 0 bridgehead atoms. The number of hydrogen-bond donors (Lipinski definition) is 2. The summed E-state index contributed by atoms with van der Waals surface area (Å²) in [4.78, 5) is 24.7. The van der Waals surface area contributed by atoms with E-state index >= 15 is 0 Å². The highest BCUT2D eigenvalue weighted by molar-refractivity contribution is 5.98. The van der Waals surface area contributed by atoms with Crippen molar-refractivity contribution in [2.24, 2.45) is 5.73 Å². The molecule has 8 heteroatoms. The van der Waals surface area contributed by atoms with Crippen LogP contribution in [0.2, 0.25) is 0 Å². The van der Waals surface area contributed by atoms with Gasteiger partial charge in [-0.25, -0.2) is 15.0 Å². The van der Waals surface area contributed by atoms with Crippen LogP contribution >= 0.6 is 0 Å². The molecule has 1 amide bonds. The SMILES string of the molecule is N#Cc1cnc2c(c1)ncn2-c1cc(NC2CCCC2)c(C(N)=O)cn1. The Labute approximate surface area is 149 Å². The highest BCUT2D eigenvalue weighted by atomic mass is 16.1. The summed E-state index contributed by atoms with van der Waals surface area (Å²) >= 11 is 0. The largest absolute Gasteiger partial charge is 0.382 e. The molecule has 0 aliphatic heterocycles. The molecule has 1 saturated carbocycles. The first-order chi connectivity index (χ1) is 12.7. The second-order valence-corrected chi connectivity index (χ2v) is 6.37. The van der Waals surface area contributed by atoms with E-state index in [1.54, 1.807) is 23.0 Å². The third kappa shape index (κ3) is 2.84. The van der Waals surface area contributed by atoms with Crippen molar-refractivity contribution in [3.63, 3.8) is 0 Å². The maximum absolute atomic E-state index is 11.8. The lowest BCUT2D eigenvalue weighted by molar-refractivity contribution is 0.100. The Hall–Kier alpha value is -3.47. The lowest BCUT2D eigenvalue weighted by Gasteiger charge is -2.17. The van der Waals surface area contributed by atoms with Gasteiger partial charge in [-0.15, -0.1) is 0 Å².